The van der Waals surface area contributed by atoms with Crippen molar-refractivity contribution in [1.29, 1.82) is 0 Å². The monoisotopic (exact) mass is 330 g/mol. The largest absolute Gasteiger partial charge is 0.444 e. The molecule has 1 aromatic rings. The van der Waals surface area contributed by atoms with E-state index < -0.39 is 11.7 Å². The number of hydrogen-bond acceptors (Lipinski definition) is 5. The molecular formula is C18H22N2O4. The lowest BCUT2D eigenvalue weighted by Crippen LogP contribution is -2.34. The highest BCUT2D eigenvalue weighted by Gasteiger charge is 2.29. The summed E-state index contributed by atoms with van der Waals surface area (Å²) in [7, 11) is 0. The molecular weight excluding hydrogens is 308 g/mol. The van der Waals surface area contributed by atoms with Crippen molar-refractivity contribution in [3.8, 4) is 0 Å². The first-order chi connectivity index (χ1) is 11.2. The molecule has 1 aromatic carbocycles. The Morgan fingerprint density at radius 2 is 2.12 bits per heavy atom. The molecule has 1 N–H and O–H groups in total. The Morgan fingerprint density at radius 3 is 2.75 bits per heavy atom. The SMILES string of the molecule is Cc1c(C2=NOC(=O)C2)ccc2c1CC[C@@H]2NC(=O)OC(C)(C)C. The summed E-state index contributed by atoms with van der Waals surface area (Å²) in [4.78, 5) is 28.0. The maximum absolute atomic E-state index is 12.0. The fraction of sp³-hybridized carbons (Fsp3) is 0.500. The zero-order chi connectivity index (χ0) is 17.5. The molecule has 1 atom stereocenters. The standard InChI is InChI=1S/C18H22N2O4/c1-10-11-7-8-14(19-17(22)23-18(2,3)4)13(11)6-5-12(10)15-9-16(21)24-20-15/h5-6,14H,7-9H2,1-4H3,(H,19,22)/t14-/m0/s1. The first kappa shape index (κ1) is 16.5. The predicted octanol–water partition coefficient (Wildman–Crippen LogP) is 3.16. The van der Waals surface area contributed by atoms with Gasteiger partial charge in [0.15, 0.2) is 0 Å². The molecule has 0 saturated carbocycles. The summed E-state index contributed by atoms with van der Waals surface area (Å²) in [6, 6.07) is 3.90. The topological polar surface area (TPSA) is 77.0 Å². The van der Waals surface area contributed by atoms with E-state index in [0.29, 0.717) is 5.71 Å². The van der Waals surface area contributed by atoms with Crippen LogP contribution >= 0.6 is 0 Å². The number of nitrogens with one attached hydrogen (secondary N) is 1. The van der Waals surface area contributed by atoms with Gasteiger partial charge in [0, 0.05) is 5.56 Å². The van der Waals surface area contributed by atoms with Gasteiger partial charge in [-0.05, 0) is 57.2 Å². The van der Waals surface area contributed by atoms with E-state index in [1.54, 1.807) is 0 Å². The van der Waals surface area contributed by atoms with Gasteiger partial charge in [0.1, 0.15) is 5.60 Å². The number of amides is 1. The number of rotatable bonds is 2. The second-order valence-corrected chi connectivity index (χ2v) is 7.22. The number of oxime groups is 1. The van der Waals surface area contributed by atoms with Crippen LogP contribution in [0.1, 0.15) is 61.9 Å². The molecule has 1 amide bonds. The summed E-state index contributed by atoms with van der Waals surface area (Å²) in [6.07, 6.45) is 1.51. The molecule has 128 valence electrons. The van der Waals surface area contributed by atoms with E-state index in [2.05, 4.69) is 15.3 Å². The van der Waals surface area contributed by atoms with Gasteiger partial charge >= 0.3 is 12.1 Å². The number of alkyl carbamates (subject to hydrolysis) is 1. The Labute approximate surface area is 141 Å². The normalized spacial score (nSPS) is 19.6. The van der Waals surface area contributed by atoms with Crippen molar-refractivity contribution in [3.05, 3.63) is 34.4 Å². The van der Waals surface area contributed by atoms with Crippen LogP contribution in [-0.2, 0) is 20.8 Å². The summed E-state index contributed by atoms with van der Waals surface area (Å²) in [5.74, 6) is -0.325. The lowest BCUT2D eigenvalue weighted by Gasteiger charge is -2.22. The zero-order valence-electron chi connectivity index (χ0n) is 14.4. The van der Waals surface area contributed by atoms with Crippen molar-refractivity contribution in [1.82, 2.24) is 5.32 Å². The van der Waals surface area contributed by atoms with Crippen LogP contribution in [0, 0.1) is 6.92 Å². The van der Waals surface area contributed by atoms with E-state index in [0.717, 1.165) is 29.5 Å². The number of nitrogens with zero attached hydrogens (tertiary/aromatic N) is 1. The number of carbonyl (C=O) groups is 2. The minimum atomic E-state index is -0.515. The average Bonchev–Trinajstić information content (AvgIpc) is 3.05. The summed E-state index contributed by atoms with van der Waals surface area (Å²) in [6.45, 7) is 7.56. The van der Waals surface area contributed by atoms with E-state index in [-0.39, 0.29) is 18.4 Å². The van der Waals surface area contributed by atoms with Gasteiger partial charge in [0.2, 0.25) is 0 Å². The molecule has 1 aliphatic heterocycles. The van der Waals surface area contributed by atoms with Crippen molar-refractivity contribution >= 4 is 17.8 Å². The molecule has 0 spiro atoms. The zero-order valence-corrected chi connectivity index (χ0v) is 14.4. The fourth-order valence-corrected chi connectivity index (χ4v) is 3.24. The molecule has 2 aliphatic rings. The van der Waals surface area contributed by atoms with Gasteiger partial charge < -0.3 is 14.9 Å². The minimum Gasteiger partial charge on any atom is -0.444 e. The van der Waals surface area contributed by atoms with Crippen LogP contribution < -0.4 is 5.32 Å². The van der Waals surface area contributed by atoms with Gasteiger partial charge in [-0.1, -0.05) is 17.3 Å². The average molecular weight is 330 g/mol. The van der Waals surface area contributed by atoms with Crippen molar-refractivity contribution in [2.24, 2.45) is 5.16 Å². The number of fused-ring (bicyclic) bond motifs is 1. The van der Waals surface area contributed by atoms with Crippen molar-refractivity contribution in [2.45, 2.75) is 58.6 Å². The minimum absolute atomic E-state index is 0.0500. The first-order valence-electron chi connectivity index (χ1n) is 8.13. The molecule has 0 aromatic heterocycles. The van der Waals surface area contributed by atoms with Gasteiger partial charge in [-0.25, -0.2) is 9.59 Å². The first-order valence-corrected chi connectivity index (χ1v) is 8.13. The summed E-state index contributed by atoms with van der Waals surface area (Å²) in [5, 5.41) is 6.80. The number of ether oxygens (including phenoxy) is 1. The van der Waals surface area contributed by atoms with Crippen LogP contribution in [0.4, 0.5) is 4.79 Å². The molecule has 0 radical (unpaired) electrons. The van der Waals surface area contributed by atoms with Crippen molar-refractivity contribution in [2.75, 3.05) is 0 Å². The molecule has 0 fully saturated rings. The molecule has 1 aliphatic carbocycles. The van der Waals surface area contributed by atoms with E-state index in [9.17, 15) is 9.59 Å². The van der Waals surface area contributed by atoms with Crippen LogP contribution in [0.15, 0.2) is 17.3 Å². The van der Waals surface area contributed by atoms with E-state index in [1.807, 2.05) is 39.8 Å². The lowest BCUT2D eigenvalue weighted by molar-refractivity contribution is -0.140. The molecule has 6 nitrogen and oxygen atoms in total. The summed E-state index contributed by atoms with van der Waals surface area (Å²) < 4.78 is 5.34. The van der Waals surface area contributed by atoms with Crippen LogP contribution in [0.5, 0.6) is 0 Å². The maximum Gasteiger partial charge on any atom is 0.408 e. The van der Waals surface area contributed by atoms with Gasteiger partial charge in [-0.15, -0.1) is 0 Å². The Kier molecular flexibility index (Phi) is 4.07. The Balaban J connectivity index is 1.79. The van der Waals surface area contributed by atoms with Crippen LogP contribution in [0.2, 0.25) is 0 Å². The Bertz CT molecular complexity index is 731. The summed E-state index contributed by atoms with van der Waals surface area (Å²) >= 11 is 0. The van der Waals surface area contributed by atoms with Crippen molar-refractivity contribution in [3.63, 3.8) is 0 Å². The highest BCUT2D eigenvalue weighted by Crippen LogP contribution is 2.35. The second-order valence-electron chi connectivity index (χ2n) is 7.22. The van der Waals surface area contributed by atoms with Gasteiger partial charge in [-0.2, -0.15) is 0 Å². The highest BCUT2D eigenvalue weighted by molar-refractivity contribution is 6.12. The third-order valence-electron chi connectivity index (χ3n) is 4.26. The number of hydrogen-bond donors (Lipinski definition) is 1. The molecule has 0 unspecified atom stereocenters. The predicted molar refractivity (Wildman–Crippen MR) is 88.9 cm³/mol. The maximum atomic E-state index is 12.0. The van der Waals surface area contributed by atoms with Gasteiger partial charge in [-0.3, -0.25) is 0 Å². The molecule has 1 heterocycles. The lowest BCUT2D eigenvalue weighted by atomic mass is 9.94. The molecule has 0 bridgehead atoms. The molecule has 3 rings (SSSR count). The van der Waals surface area contributed by atoms with Crippen LogP contribution in [-0.4, -0.2) is 23.4 Å². The van der Waals surface area contributed by atoms with Crippen LogP contribution in [0.3, 0.4) is 0 Å². The van der Waals surface area contributed by atoms with Gasteiger partial charge in [0.05, 0.1) is 18.2 Å². The highest BCUT2D eigenvalue weighted by atomic mass is 16.7. The second kappa shape index (κ2) is 5.92. The third kappa shape index (κ3) is 3.27. The van der Waals surface area contributed by atoms with Crippen molar-refractivity contribution < 1.29 is 19.2 Å². The molecule has 0 saturated heterocycles. The fourth-order valence-electron chi connectivity index (χ4n) is 3.24. The number of carbonyl (C=O) groups excluding carboxylic acids is 2. The quantitative estimate of drug-likeness (QED) is 0.845. The van der Waals surface area contributed by atoms with Crippen LogP contribution in [0.25, 0.3) is 0 Å². The smallest absolute Gasteiger partial charge is 0.408 e. The Morgan fingerprint density at radius 1 is 1.38 bits per heavy atom. The third-order valence-corrected chi connectivity index (χ3v) is 4.26. The molecule has 24 heavy (non-hydrogen) atoms. The van der Waals surface area contributed by atoms with E-state index in [1.165, 1.54) is 5.56 Å². The number of benzene rings is 1. The van der Waals surface area contributed by atoms with E-state index >= 15 is 0 Å². The molecule has 6 heteroatoms. The van der Waals surface area contributed by atoms with Gasteiger partial charge in [0.25, 0.3) is 0 Å². The summed E-state index contributed by atoms with van der Waals surface area (Å²) in [5.41, 5.74) is 4.50. The van der Waals surface area contributed by atoms with E-state index in [4.69, 9.17) is 4.74 Å². The Hall–Kier alpha value is -2.37.